The molecule has 0 bridgehead atoms. The Kier molecular flexibility index (Phi) is 6.02. The third-order valence-electron chi connectivity index (χ3n) is 3.82. The Balaban J connectivity index is 1.66. The molecule has 132 valence electrons. The van der Waals surface area contributed by atoms with E-state index in [4.69, 9.17) is 4.74 Å². The van der Waals surface area contributed by atoms with E-state index in [1.165, 1.54) is 11.8 Å². The Bertz CT molecular complexity index is 895. The molecule has 26 heavy (non-hydrogen) atoms. The van der Waals surface area contributed by atoms with Crippen molar-refractivity contribution in [1.82, 2.24) is 9.97 Å². The summed E-state index contributed by atoms with van der Waals surface area (Å²) in [5.41, 5.74) is 2.79. The van der Waals surface area contributed by atoms with Gasteiger partial charge in [0.25, 0.3) is 0 Å². The minimum absolute atomic E-state index is 0.127. The minimum Gasteiger partial charge on any atom is -0.489 e. The Labute approximate surface area is 157 Å². The summed E-state index contributed by atoms with van der Waals surface area (Å²) in [5.74, 6) is 0.933. The second-order valence-corrected chi connectivity index (χ2v) is 6.93. The molecule has 1 aromatic carbocycles. The van der Waals surface area contributed by atoms with Crippen LogP contribution in [0.25, 0.3) is 0 Å². The summed E-state index contributed by atoms with van der Waals surface area (Å²) in [6.07, 6.45) is 5.67. The fourth-order valence-electron chi connectivity index (χ4n) is 2.47. The number of aryl methyl sites for hydroxylation is 1. The molecular formula is C21H20N2O2S. The van der Waals surface area contributed by atoms with Gasteiger partial charge in [-0.3, -0.25) is 14.8 Å². The molecule has 4 nitrogen and oxygen atoms in total. The highest BCUT2D eigenvalue weighted by molar-refractivity contribution is 7.99. The first kappa shape index (κ1) is 18.1. The lowest BCUT2D eigenvalue weighted by Gasteiger charge is -2.09. The summed E-state index contributed by atoms with van der Waals surface area (Å²) in [5, 5.41) is 0. The van der Waals surface area contributed by atoms with E-state index in [1.54, 1.807) is 24.7 Å². The number of ether oxygens (including phenoxy) is 1. The van der Waals surface area contributed by atoms with E-state index in [1.807, 2.05) is 50.2 Å². The molecule has 3 rings (SSSR count). The molecule has 0 saturated carbocycles. The van der Waals surface area contributed by atoms with Crippen molar-refractivity contribution in [2.45, 2.75) is 36.7 Å². The average Bonchev–Trinajstić information content (AvgIpc) is 2.67. The van der Waals surface area contributed by atoms with E-state index in [9.17, 15) is 4.79 Å². The fourth-order valence-corrected chi connectivity index (χ4v) is 3.41. The number of carbonyl (C=O) groups excluding carboxylic acids is 1. The topological polar surface area (TPSA) is 52.1 Å². The smallest absolute Gasteiger partial charge is 0.163 e. The minimum atomic E-state index is 0.127. The summed E-state index contributed by atoms with van der Waals surface area (Å²) in [6.45, 7) is 4.34. The van der Waals surface area contributed by atoms with Gasteiger partial charge in [-0.1, -0.05) is 18.7 Å². The Morgan fingerprint density at radius 3 is 2.65 bits per heavy atom. The van der Waals surface area contributed by atoms with Crippen molar-refractivity contribution in [3.63, 3.8) is 0 Å². The van der Waals surface area contributed by atoms with Crippen LogP contribution in [-0.4, -0.2) is 15.8 Å². The molecular weight excluding hydrogens is 344 g/mol. The Hall–Kier alpha value is -2.66. The molecule has 0 aliphatic heterocycles. The Morgan fingerprint density at radius 1 is 1.12 bits per heavy atom. The van der Waals surface area contributed by atoms with Crippen LogP contribution in [0, 0.1) is 6.92 Å². The van der Waals surface area contributed by atoms with Gasteiger partial charge in [0.15, 0.2) is 5.78 Å². The van der Waals surface area contributed by atoms with Gasteiger partial charge in [-0.05, 0) is 55.0 Å². The van der Waals surface area contributed by atoms with Crippen LogP contribution < -0.4 is 4.74 Å². The van der Waals surface area contributed by atoms with Gasteiger partial charge in [0.1, 0.15) is 12.4 Å². The predicted molar refractivity (Wildman–Crippen MR) is 103 cm³/mol. The molecule has 0 saturated heterocycles. The molecule has 0 aliphatic rings. The van der Waals surface area contributed by atoms with Crippen molar-refractivity contribution >= 4 is 17.5 Å². The zero-order chi connectivity index (χ0) is 18.4. The number of pyridine rings is 2. The highest BCUT2D eigenvalue weighted by Gasteiger charge is 2.10. The first-order valence-corrected chi connectivity index (χ1v) is 9.27. The summed E-state index contributed by atoms with van der Waals surface area (Å²) < 4.78 is 5.83. The van der Waals surface area contributed by atoms with E-state index in [-0.39, 0.29) is 5.78 Å². The quantitative estimate of drug-likeness (QED) is 0.545. The maximum absolute atomic E-state index is 12.1. The second-order valence-electron chi connectivity index (χ2n) is 5.82. The third kappa shape index (κ3) is 4.70. The van der Waals surface area contributed by atoms with E-state index in [0.717, 1.165) is 32.4 Å². The normalized spacial score (nSPS) is 10.5. The number of hydrogen-bond donors (Lipinski definition) is 0. The van der Waals surface area contributed by atoms with Crippen LogP contribution in [-0.2, 0) is 6.61 Å². The standard InChI is InChI=1S/C21H20N2O2S/c1-3-20(24)19-9-10-22-13-21(19)26-18-6-4-17(5-7-18)25-14-16-8-11-23-15(2)12-16/h4-13H,3,14H2,1-2H3. The molecule has 2 aromatic heterocycles. The second kappa shape index (κ2) is 8.63. The summed E-state index contributed by atoms with van der Waals surface area (Å²) in [4.78, 5) is 22.3. The lowest BCUT2D eigenvalue weighted by Crippen LogP contribution is -1.99. The van der Waals surface area contributed by atoms with Crippen LogP contribution in [0.5, 0.6) is 5.75 Å². The number of aromatic nitrogens is 2. The summed E-state index contributed by atoms with van der Waals surface area (Å²) in [7, 11) is 0. The van der Waals surface area contributed by atoms with Gasteiger partial charge >= 0.3 is 0 Å². The van der Waals surface area contributed by atoms with Crippen molar-refractivity contribution < 1.29 is 9.53 Å². The fraction of sp³-hybridized carbons (Fsp3) is 0.190. The predicted octanol–water partition coefficient (Wildman–Crippen LogP) is 5.11. The molecule has 0 radical (unpaired) electrons. The molecule has 0 fully saturated rings. The van der Waals surface area contributed by atoms with Crippen LogP contribution in [0.1, 0.15) is 35.0 Å². The summed E-state index contributed by atoms with van der Waals surface area (Å²) >= 11 is 1.54. The van der Waals surface area contributed by atoms with E-state index in [2.05, 4.69) is 9.97 Å². The SMILES string of the molecule is CCC(=O)c1ccncc1Sc1ccc(OCc2ccnc(C)c2)cc1. The zero-order valence-electron chi connectivity index (χ0n) is 14.8. The van der Waals surface area contributed by atoms with Gasteiger partial charge < -0.3 is 4.74 Å². The first-order valence-electron chi connectivity index (χ1n) is 8.45. The van der Waals surface area contributed by atoms with Gasteiger partial charge in [-0.15, -0.1) is 0 Å². The van der Waals surface area contributed by atoms with Crippen molar-refractivity contribution in [2.24, 2.45) is 0 Å². The molecule has 0 atom stereocenters. The van der Waals surface area contributed by atoms with Crippen molar-refractivity contribution in [2.75, 3.05) is 0 Å². The number of carbonyl (C=O) groups is 1. The molecule has 0 unspecified atom stereocenters. The van der Waals surface area contributed by atoms with Crippen LogP contribution in [0.4, 0.5) is 0 Å². The van der Waals surface area contributed by atoms with Gasteiger partial charge in [0, 0.05) is 46.1 Å². The van der Waals surface area contributed by atoms with Crippen LogP contribution >= 0.6 is 11.8 Å². The largest absolute Gasteiger partial charge is 0.489 e. The number of rotatable bonds is 7. The van der Waals surface area contributed by atoms with Crippen molar-refractivity contribution in [1.29, 1.82) is 0 Å². The molecule has 0 spiro atoms. The number of Topliss-reactive ketones (excluding diaryl/α,β-unsaturated/α-hetero) is 1. The highest BCUT2D eigenvalue weighted by atomic mass is 32.2. The summed E-state index contributed by atoms with van der Waals surface area (Å²) in [6, 6.07) is 13.6. The monoisotopic (exact) mass is 364 g/mol. The van der Waals surface area contributed by atoms with Crippen LogP contribution in [0.15, 0.2) is 70.8 Å². The molecule has 0 amide bonds. The molecule has 5 heteroatoms. The number of hydrogen-bond acceptors (Lipinski definition) is 5. The Morgan fingerprint density at radius 2 is 1.92 bits per heavy atom. The van der Waals surface area contributed by atoms with Gasteiger partial charge in [-0.2, -0.15) is 0 Å². The lowest BCUT2D eigenvalue weighted by molar-refractivity contribution is 0.0985. The van der Waals surface area contributed by atoms with Gasteiger partial charge in [0.2, 0.25) is 0 Å². The molecule has 3 aromatic rings. The maximum Gasteiger partial charge on any atom is 0.163 e. The zero-order valence-corrected chi connectivity index (χ0v) is 15.6. The van der Waals surface area contributed by atoms with Gasteiger partial charge in [0.05, 0.1) is 0 Å². The van der Waals surface area contributed by atoms with Crippen molar-refractivity contribution in [3.8, 4) is 5.75 Å². The van der Waals surface area contributed by atoms with Crippen molar-refractivity contribution in [3.05, 3.63) is 77.9 Å². The average molecular weight is 364 g/mol. The third-order valence-corrected chi connectivity index (χ3v) is 4.88. The maximum atomic E-state index is 12.1. The number of nitrogens with zero attached hydrogens (tertiary/aromatic N) is 2. The van der Waals surface area contributed by atoms with E-state index >= 15 is 0 Å². The lowest BCUT2D eigenvalue weighted by atomic mass is 10.1. The van der Waals surface area contributed by atoms with E-state index in [0.29, 0.717) is 13.0 Å². The highest BCUT2D eigenvalue weighted by Crippen LogP contribution is 2.31. The van der Waals surface area contributed by atoms with Gasteiger partial charge in [-0.25, -0.2) is 0 Å². The molecule has 0 aliphatic carbocycles. The molecule has 2 heterocycles. The van der Waals surface area contributed by atoms with Crippen LogP contribution in [0.2, 0.25) is 0 Å². The number of benzene rings is 1. The first-order chi connectivity index (χ1) is 12.7. The number of ketones is 1. The molecule has 0 N–H and O–H groups in total. The van der Waals surface area contributed by atoms with E-state index < -0.39 is 0 Å². The van der Waals surface area contributed by atoms with Crippen LogP contribution in [0.3, 0.4) is 0 Å².